The van der Waals surface area contributed by atoms with E-state index in [1.807, 2.05) is 31.2 Å². The van der Waals surface area contributed by atoms with E-state index >= 15 is 0 Å². The highest BCUT2D eigenvalue weighted by Gasteiger charge is 2.23. The van der Waals surface area contributed by atoms with Crippen molar-refractivity contribution in [3.63, 3.8) is 0 Å². The second-order valence-electron chi connectivity index (χ2n) is 7.33. The van der Waals surface area contributed by atoms with Crippen molar-refractivity contribution in [1.29, 1.82) is 0 Å². The molecule has 1 amide bonds. The highest BCUT2D eigenvalue weighted by atomic mass is 16.5. The van der Waals surface area contributed by atoms with Crippen LogP contribution >= 0.6 is 0 Å². The standard InChI is InChI=1S/C21H35N5O2/c1-5-23-20(27)18-8-6-7-17(13-18)14-24-21(22-4)25-15-19(16(2)3)26-9-11-28-12-10-26/h6-8,13,16,19H,5,9-12,14-15H2,1-4H3,(H,23,27)(H2,22,24,25). The van der Waals surface area contributed by atoms with E-state index in [-0.39, 0.29) is 5.91 Å². The fourth-order valence-corrected chi connectivity index (χ4v) is 3.39. The molecule has 0 spiro atoms. The molecule has 0 aliphatic carbocycles. The number of ether oxygens (including phenoxy) is 1. The molecule has 0 bridgehead atoms. The predicted octanol–water partition coefficient (Wildman–Crippen LogP) is 1.46. The minimum atomic E-state index is -0.0443. The SMILES string of the molecule is CCNC(=O)c1cccc(CNC(=NC)NCC(C(C)C)N2CCOCC2)c1. The minimum Gasteiger partial charge on any atom is -0.379 e. The lowest BCUT2D eigenvalue weighted by Crippen LogP contribution is -2.52. The van der Waals surface area contributed by atoms with Crippen LogP contribution in [0.3, 0.4) is 0 Å². The largest absolute Gasteiger partial charge is 0.379 e. The van der Waals surface area contributed by atoms with Crippen molar-refractivity contribution in [2.45, 2.75) is 33.4 Å². The van der Waals surface area contributed by atoms with E-state index in [9.17, 15) is 4.79 Å². The number of nitrogens with zero attached hydrogens (tertiary/aromatic N) is 2. The summed E-state index contributed by atoms with van der Waals surface area (Å²) in [7, 11) is 1.78. The molecule has 7 nitrogen and oxygen atoms in total. The van der Waals surface area contributed by atoms with Gasteiger partial charge in [0, 0.05) is 51.4 Å². The summed E-state index contributed by atoms with van der Waals surface area (Å²) in [4.78, 5) is 18.8. The summed E-state index contributed by atoms with van der Waals surface area (Å²) >= 11 is 0. The molecule has 3 N–H and O–H groups in total. The Kier molecular flexibility index (Phi) is 9.23. The van der Waals surface area contributed by atoms with Crippen molar-refractivity contribution in [3.8, 4) is 0 Å². The smallest absolute Gasteiger partial charge is 0.251 e. The van der Waals surface area contributed by atoms with Gasteiger partial charge < -0.3 is 20.7 Å². The molecule has 1 fully saturated rings. The predicted molar refractivity (Wildman–Crippen MR) is 114 cm³/mol. The maximum Gasteiger partial charge on any atom is 0.251 e. The Labute approximate surface area is 168 Å². The van der Waals surface area contributed by atoms with Gasteiger partial charge in [-0.05, 0) is 30.5 Å². The number of carbonyl (C=O) groups excluding carboxylic acids is 1. The van der Waals surface area contributed by atoms with E-state index < -0.39 is 0 Å². The van der Waals surface area contributed by atoms with Gasteiger partial charge in [0.15, 0.2) is 5.96 Å². The van der Waals surface area contributed by atoms with E-state index in [0.29, 0.717) is 30.6 Å². The molecule has 0 saturated carbocycles. The average Bonchev–Trinajstić information content (AvgIpc) is 2.71. The molecule has 1 aliphatic heterocycles. The zero-order chi connectivity index (χ0) is 20.4. The Morgan fingerprint density at radius 1 is 1.21 bits per heavy atom. The molecule has 7 heteroatoms. The van der Waals surface area contributed by atoms with Gasteiger partial charge in [0.25, 0.3) is 5.91 Å². The molecular formula is C21H35N5O2. The van der Waals surface area contributed by atoms with E-state index in [0.717, 1.165) is 44.4 Å². The van der Waals surface area contributed by atoms with Crippen LogP contribution in [0.1, 0.15) is 36.7 Å². The quantitative estimate of drug-likeness (QED) is 0.463. The summed E-state index contributed by atoms with van der Waals surface area (Å²) in [6, 6.07) is 8.09. The molecule has 1 heterocycles. The van der Waals surface area contributed by atoms with Gasteiger partial charge in [-0.1, -0.05) is 26.0 Å². The number of rotatable bonds is 8. The highest BCUT2D eigenvalue weighted by Crippen LogP contribution is 2.12. The lowest BCUT2D eigenvalue weighted by Gasteiger charge is -2.37. The van der Waals surface area contributed by atoms with Crippen LogP contribution in [-0.2, 0) is 11.3 Å². The van der Waals surface area contributed by atoms with Gasteiger partial charge in [0.1, 0.15) is 0 Å². The number of nitrogens with one attached hydrogen (secondary N) is 3. The van der Waals surface area contributed by atoms with Crippen LogP contribution in [0.4, 0.5) is 0 Å². The highest BCUT2D eigenvalue weighted by molar-refractivity contribution is 5.94. The lowest BCUT2D eigenvalue weighted by atomic mass is 10.0. The summed E-state index contributed by atoms with van der Waals surface area (Å²) in [6.45, 7) is 12.0. The molecular weight excluding hydrogens is 354 g/mol. The third-order valence-electron chi connectivity index (χ3n) is 4.97. The Hall–Kier alpha value is -2.12. The topological polar surface area (TPSA) is 78.0 Å². The molecule has 28 heavy (non-hydrogen) atoms. The van der Waals surface area contributed by atoms with Crippen molar-refractivity contribution < 1.29 is 9.53 Å². The molecule has 1 aliphatic rings. The van der Waals surface area contributed by atoms with E-state index in [2.05, 4.69) is 39.7 Å². The van der Waals surface area contributed by atoms with Crippen LogP contribution in [0.5, 0.6) is 0 Å². The number of hydrogen-bond acceptors (Lipinski definition) is 4. The van der Waals surface area contributed by atoms with Crippen molar-refractivity contribution in [1.82, 2.24) is 20.9 Å². The minimum absolute atomic E-state index is 0.0443. The Morgan fingerprint density at radius 3 is 2.61 bits per heavy atom. The zero-order valence-electron chi connectivity index (χ0n) is 17.6. The molecule has 0 aromatic heterocycles. The summed E-state index contributed by atoms with van der Waals surface area (Å²) in [5, 5.41) is 9.63. The number of carbonyl (C=O) groups is 1. The molecule has 1 aromatic carbocycles. The van der Waals surface area contributed by atoms with Gasteiger partial charge in [-0.15, -0.1) is 0 Å². The van der Waals surface area contributed by atoms with Crippen molar-refractivity contribution >= 4 is 11.9 Å². The van der Waals surface area contributed by atoms with E-state index in [1.165, 1.54) is 0 Å². The third kappa shape index (κ3) is 6.80. The number of aliphatic imine (C=N–C) groups is 1. The van der Waals surface area contributed by atoms with Crippen molar-refractivity contribution in [2.75, 3.05) is 46.4 Å². The van der Waals surface area contributed by atoms with E-state index in [4.69, 9.17) is 4.74 Å². The van der Waals surface area contributed by atoms with Crippen LogP contribution in [-0.4, -0.2) is 69.2 Å². The first-order valence-corrected chi connectivity index (χ1v) is 10.2. The summed E-state index contributed by atoms with van der Waals surface area (Å²) in [6.07, 6.45) is 0. The van der Waals surface area contributed by atoms with E-state index in [1.54, 1.807) is 7.05 Å². The van der Waals surface area contributed by atoms with Crippen LogP contribution < -0.4 is 16.0 Å². The molecule has 0 radical (unpaired) electrons. The van der Waals surface area contributed by atoms with Gasteiger partial charge in [0.05, 0.1) is 13.2 Å². The first-order valence-electron chi connectivity index (χ1n) is 10.2. The third-order valence-corrected chi connectivity index (χ3v) is 4.97. The molecule has 2 rings (SSSR count). The maximum absolute atomic E-state index is 12.0. The first kappa shape index (κ1) is 22.2. The average molecular weight is 390 g/mol. The molecule has 1 aromatic rings. The fraction of sp³-hybridized carbons (Fsp3) is 0.619. The molecule has 1 unspecified atom stereocenters. The van der Waals surface area contributed by atoms with Gasteiger partial charge in [-0.2, -0.15) is 0 Å². The number of amides is 1. The summed E-state index contributed by atoms with van der Waals surface area (Å²) < 4.78 is 5.48. The van der Waals surface area contributed by atoms with Gasteiger partial charge in [-0.3, -0.25) is 14.7 Å². The molecule has 1 atom stereocenters. The fourth-order valence-electron chi connectivity index (χ4n) is 3.39. The number of hydrogen-bond donors (Lipinski definition) is 3. The Balaban J connectivity index is 1.88. The normalized spacial score (nSPS) is 16.7. The van der Waals surface area contributed by atoms with Crippen molar-refractivity contribution in [3.05, 3.63) is 35.4 Å². The summed E-state index contributed by atoms with van der Waals surface area (Å²) in [5.41, 5.74) is 1.72. The first-order chi connectivity index (χ1) is 13.5. The molecule has 1 saturated heterocycles. The van der Waals surface area contributed by atoms with Crippen LogP contribution in [0, 0.1) is 5.92 Å². The lowest BCUT2D eigenvalue weighted by molar-refractivity contribution is 0.00752. The van der Waals surface area contributed by atoms with Crippen LogP contribution in [0.15, 0.2) is 29.3 Å². The van der Waals surface area contributed by atoms with Crippen molar-refractivity contribution in [2.24, 2.45) is 10.9 Å². The van der Waals surface area contributed by atoms with Crippen LogP contribution in [0.25, 0.3) is 0 Å². The Bertz CT molecular complexity index is 641. The van der Waals surface area contributed by atoms with Gasteiger partial charge >= 0.3 is 0 Å². The second kappa shape index (κ2) is 11.7. The number of guanidine groups is 1. The Morgan fingerprint density at radius 2 is 1.96 bits per heavy atom. The number of benzene rings is 1. The molecule has 156 valence electrons. The van der Waals surface area contributed by atoms with Crippen LogP contribution in [0.2, 0.25) is 0 Å². The zero-order valence-corrected chi connectivity index (χ0v) is 17.6. The monoisotopic (exact) mass is 389 g/mol. The summed E-state index contributed by atoms with van der Waals surface area (Å²) in [5.74, 6) is 1.26. The maximum atomic E-state index is 12.0. The second-order valence-corrected chi connectivity index (χ2v) is 7.33. The van der Waals surface area contributed by atoms with Gasteiger partial charge in [-0.25, -0.2) is 0 Å². The number of morpholine rings is 1. The van der Waals surface area contributed by atoms with Gasteiger partial charge in [0.2, 0.25) is 0 Å².